The highest BCUT2D eigenvalue weighted by atomic mass is 32.2. The second kappa shape index (κ2) is 5.77. The van der Waals surface area contributed by atoms with Crippen LogP contribution in [-0.4, -0.2) is 40.6 Å². The predicted molar refractivity (Wildman–Crippen MR) is 70.9 cm³/mol. The third-order valence-electron chi connectivity index (χ3n) is 2.70. The number of thioether (sulfide) groups is 1. The number of hydrogen-bond donors (Lipinski definition) is 2. The number of aromatic nitrogens is 1. The van der Waals surface area contributed by atoms with Gasteiger partial charge < -0.3 is 15.8 Å². The second-order valence-electron chi connectivity index (χ2n) is 3.81. The fourth-order valence-corrected chi connectivity index (χ4v) is 2.77. The van der Waals surface area contributed by atoms with Gasteiger partial charge in [-0.3, -0.25) is 4.98 Å². The fourth-order valence-electron chi connectivity index (χ4n) is 1.88. The van der Waals surface area contributed by atoms with Crippen LogP contribution in [0.2, 0.25) is 0 Å². The first-order valence-corrected chi connectivity index (χ1v) is 6.74. The summed E-state index contributed by atoms with van der Waals surface area (Å²) in [5.74, 6) is 2.36. The van der Waals surface area contributed by atoms with Crippen LogP contribution in [-0.2, 0) is 0 Å². The molecule has 5 nitrogen and oxygen atoms in total. The van der Waals surface area contributed by atoms with Crippen LogP contribution >= 0.6 is 11.8 Å². The molecule has 92 valence electrons. The van der Waals surface area contributed by atoms with Gasteiger partial charge in [0.25, 0.3) is 0 Å². The summed E-state index contributed by atoms with van der Waals surface area (Å²) in [4.78, 5) is 6.44. The van der Waals surface area contributed by atoms with Crippen LogP contribution in [0.4, 0.5) is 5.69 Å². The van der Waals surface area contributed by atoms with Gasteiger partial charge in [0.05, 0.1) is 5.69 Å². The van der Waals surface area contributed by atoms with Crippen molar-refractivity contribution in [3.05, 3.63) is 24.0 Å². The van der Waals surface area contributed by atoms with Gasteiger partial charge in [-0.1, -0.05) is 5.16 Å². The van der Waals surface area contributed by atoms with E-state index in [0.29, 0.717) is 5.69 Å². The zero-order valence-electron chi connectivity index (χ0n) is 9.54. The van der Waals surface area contributed by atoms with E-state index in [1.54, 1.807) is 6.20 Å². The molecule has 6 heteroatoms. The van der Waals surface area contributed by atoms with Crippen LogP contribution in [0.3, 0.4) is 0 Å². The first kappa shape index (κ1) is 12.0. The lowest BCUT2D eigenvalue weighted by Crippen LogP contribution is -2.29. The quantitative estimate of drug-likeness (QED) is 0.357. The summed E-state index contributed by atoms with van der Waals surface area (Å²) in [6, 6.07) is 3.85. The molecule has 0 radical (unpaired) electrons. The SMILES string of the molecule is N/C(=N/O)c1ncccc1N1CCCSCC1. The summed E-state index contributed by atoms with van der Waals surface area (Å²) in [6.07, 6.45) is 2.80. The van der Waals surface area contributed by atoms with Gasteiger partial charge in [-0.25, -0.2) is 0 Å². The molecular formula is C11H16N4OS. The maximum Gasteiger partial charge on any atom is 0.190 e. The lowest BCUT2D eigenvalue weighted by Gasteiger charge is -2.23. The van der Waals surface area contributed by atoms with Gasteiger partial charge in [-0.2, -0.15) is 11.8 Å². The van der Waals surface area contributed by atoms with E-state index < -0.39 is 0 Å². The van der Waals surface area contributed by atoms with Gasteiger partial charge in [0.15, 0.2) is 5.84 Å². The molecule has 1 fully saturated rings. The molecule has 1 aromatic rings. The van der Waals surface area contributed by atoms with Crippen molar-refractivity contribution in [3.63, 3.8) is 0 Å². The summed E-state index contributed by atoms with van der Waals surface area (Å²) >= 11 is 1.96. The molecule has 1 aliphatic rings. The summed E-state index contributed by atoms with van der Waals surface area (Å²) in [5, 5.41) is 11.8. The molecule has 0 spiro atoms. The number of anilines is 1. The van der Waals surface area contributed by atoms with Crippen molar-refractivity contribution < 1.29 is 5.21 Å². The molecule has 2 rings (SSSR count). The Morgan fingerprint density at radius 2 is 2.35 bits per heavy atom. The van der Waals surface area contributed by atoms with E-state index in [-0.39, 0.29) is 5.84 Å². The van der Waals surface area contributed by atoms with Crippen LogP contribution in [0.1, 0.15) is 12.1 Å². The molecule has 1 saturated heterocycles. The molecule has 0 atom stereocenters. The van der Waals surface area contributed by atoms with E-state index in [2.05, 4.69) is 15.0 Å². The van der Waals surface area contributed by atoms with Gasteiger partial charge in [0.2, 0.25) is 0 Å². The minimum Gasteiger partial charge on any atom is -0.409 e. The molecule has 0 aromatic carbocycles. The fraction of sp³-hybridized carbons (Fsp3) is 0.455. The van der Waals surface area contributed by atoms with E-state index in [1.165, 1.54) is 5.75 Å². The molecule has 1 aliphatic heterocycles. The average molecular weight is 252 g/mol. The number of nitrogens with zero attached hydrogens (tertiary/aromatic N) is 3. The van der Waals surface area contributed by atoms with Crippen molar-refractivity contribution in [2.45, 2.75) is 6.42 Å². The van der Waals surface area contributed by atoms with Crippen molar-refractivity contribution in [1.82, 2.24) is 4.98 Å². The van der Waals surface area contributed by atoms with Crippen molar-refractivity contribution in [1.29, 1.82) is 0 Å². The average Bonchev–Trinajstić information content (AvgIpc) is 2.66. The van der Waals surface area contributed by atoms with E-state index >= 15 is 0 Å². The second-order valence-corrected chi connectivity index (χ2v) is 5.03. The number of oxime groups is 1. The number of hydrogen-bond acceptors (Lipinski definition) is 5. The maximum absolute atomic E-state index is 8.77. The number of pyridine rings is 1. The van der Waals surface area contributed by atoms with E-state index in [0.717, 1.165) is 31.0 Å². The monoisotopic (exact) mass is 252 g/mol. The predicted octanol–water partition coefficient (Wildman–Crippen LogP) is 1.12. The van der Waals surface area contributed by atoms with Gasteiger partial charge in [0.1, 0.15) is 5.69 Å². The molecular weight excluding hydrogens is 236 g/mol. The van der Waals surface area contributed by atoms with E-state index in [9.17, 15) is 0 Å². The third-order valence-corrected chi connectivity index (χ3v) is 3.75. The highest BCUT2D eigenvalue weighted by molar-refractivity contribution is 7.99. The van der Waals surface area contributed by atoms with E-state index in [1.807, 2.05) is 23.9 Å². The summed E-state index contributed by atoms with van der Waals surface area (Å²) in [6.45, 7) is 1.96. The molecule has 0 amide bonds. The van der Waals surface area contributed by atoms with Crippen LogP contribution in [0.15, 0.2) is 23.5 Å². The van der Waals surface area contributed by atoms with Gasteiger partial charge in [0, 0.05) is 25.0 Å². The molecule has 0 aliphatic carbocycles. The number of nitrogens with two attached hydrogens (primary N) is 1. The smallest absolute Gasteiger partial charge is 0.190 e. The molecule has 0 bridgehead atoms. The van der Waals surface area contributed by atoms with Crippen LogP contribution < -0.4 is 10.6 Å². The van der Waals surface area contributed by atoms with Crippen LogP contribution in [0, 0.1) is 0 Å². The van der Waals surface area contributed by atoms with Crippen molar-refractivity contribution >= 4 is 23.3 Å². The van der Waals surface area contributed by atoms with Crippen molar-refractivity contribution in [2.24, 2.45) is 10.9 Å². The first-order valence-electron chi connectivity index (χ1n) is 5.58. The maximum atomic E-state index is 8.77. The summed E-state index contributed by atoms with van der Waals surface area (Å²) in [5.41, 5.74) is 7.15. The Morgan fingerprint density at radius 1 is 1.47 bits per heavy atom. The molecule has 17 heavy (non-hydrogen) atoms. The Hall–Kier alpha value is -1.43. The zero-order valence-corrected chi connectivity index (χ0v) is 10.4. The molecule has 3 N–H and O–H groups in total. The highest BCUT2D eigenvalue weighted by Gasteiger charge is 2.16. The van der Waals surface area contributed by atoms with Gasteiger partial charge >= 0.3 is 0 Å². The minimum absolute atomic E-state index is 0.0671. The lowest BCUT2D eigenvalue weighted by molar-refractivity contribution is 0.318. The normalized spacial score (nSPS) is 17.9. The Bertz CT molecular complexity index is 402. The van der Waals surface area contributed by atoms with Crippen molar-refractivity contribution in [2.75, 3.05) is 29.5 Å². The molecule has 2 heterocycles. The Morgan fingerprint density at radius 3 is 3.18 bits per heavy atom. The van der Waals surface area contributed by atoms with Gasteiger partial charge in [-0.15, -0.1) is 0 Å². The van der Waals surface area contributed by atoms with E-state index in [4.69, 9.17) is 10.9 Å². The standard InChI is InChI=1S/C11H16N4OS/c12-11(14-16)10-9(3-1-4-13-10)15-5-2-7-17-8-6-15/h1,3-4,16H,2,5-8H2,(H2,12,14). The molecule has 0 saturated carbocycles. The topological polar surface area (TPSA) is 74.7 Å². The summed E-state index contributed by atoms with van der Waals surface area (Å²) < 4.78 is 0. The highest BCUT2D eigenvalue weighted by Crippen LogP contribution is 2.21. The van der Waals surface area contributed by atoms with Gasteiger partial charge in [-0.05, 0) is 24.3 Å². The Labute approximate surface area is 105 Å². The molecule has 1 aromatic heterocycles. The zero-order chi connectivity index (χ0) is 12.1. The number of rotatable bonds is 2. The molecule has 0 unspecified atom stereocenters. The Kier molecular flexibility index (Phi) is 4.08. The first-order chi connectivity index (χ1) is 8.33. The lowest BCUT2D eigenvalue weighted by atomic mass is 10.2. The van der Waals surface area contributed by atoms with Crippen LogP contribution in [0.25, 0.3) is 0 Å². The minimum atomic E-state index is 0.0671. The largest absolute Gasteiger partial charge is 0.409 e. The van der Waals surface area contributed by atoms with Crippen molar-refractivity contribution in [3.8, 4) is 0 Å². The Balaban J connectivity index is 2.30. The van der Waals surface area contributed by atoms with Crippen LogP contribution in [0.5, 0.6) is 0 Å². The number of amidine groups is 1. The third kappa shape index (κ3) is 2.82. The summed E-state index contributed by atoms with van der Waals surface area (Å²) in [7, 11) is 0.